The molecule has 1 fully saturated rings. The number of hydrogen-bond acceptors (Lipinski definition) is 3. The van der Waals surface area contributed by atoms with Crippen molar-refractivity contribution in [1.82, 2.24) is 9.80 Å². The number of benzene rings is 3. The molecule has 0 aliphatic carbocycles. The van der Waals surface area contributed by atoms with Gasteiger partial charge < -0.3 is 14.5 Å². The first-order chi connectivity index (χ1) is 17.8. The van der Waals surface area contributed by atoms with E-state index in [0.717, 1.165) is 44.5 Å². The van der Waals surface area contributed by atoms with Crippen LogP contribution in [0.1, 0.15) is 52.2 Å². The average Bonchev–Trinajstić information content (AvgIpc) is 3.27. The molecule has 7 heteroatoms. The fraction of sp³-hybridized carbons (Fsp3) is 0.367. The lowest BCUT2D eigenvalue weighted by molar-refractivity contribution is -0.0790. The van der Waals surface area contributed by atoms with Crippen LogP contribution in [0.2, 0.25) is 10.0 Å². The van der Waals surface area contributed by atoms with Gasteiger partial charge in [0.05, 0.1) is 22.3 Å². The molecule has 1 saturated heterocycles. The van der Waals surface area contributed by atoms with Gasteiger partial charge in [-0.15, -0.1) is 0 Å². The predicted octanol–water partition coefficient (Wildman–Crippen LogP) is 6.90. The van der Waals surface area contributed by atoms with E-state index < -0.39 is 0 Å². The highest BCUT2D eigenvalue weighted by atomic mass is 35.5. The molecule has 3 aromatic rings. The SMILES string of the molecule is CN(CC(CCN1CCC2(CC1)OCc1ccccc12)c1ccc(Cl)c(Cl)c1)C(=O)c1ccc(F)cc1. The maximum absolute atomic E-state index is 13.3. The molecule has 1 atom stereocenters. The van der Waals surface area contributed by atoms with Crippen LogP contribution in [-0.2, 0) is 16.9 Å². The Bertz CT molecular complexity index is 1260. The second-order valence-electron chi connectivity index (χ2n) is 10.1. The van der Waals surface area contributed by atoms with Gasteiger partial charge in [0.15, 0.2) is 0 Å². The minimum absolute atomic E-state index is 0.0727. The van der Waals surface area contributed by atoms with Crippen molar-refractivity contribution in [2.24, 2.45) is 0 Å². The van der Waals surface area contributed by atoms with Gasteiger partial charge >= 0.3 is 0 Å². The number of rotatable bonds is 7. The fourth-order valence-corrected chi connectivity index (χ4v) is 5.94. The Balaban J connectivity index is 1.25. The average molecular weight is 541 g/mol. The second-order valence-corrected chi connectivity index (χ2v) is 10.9. The number of ether oxygens (including phenoxy) is 1. The van der Waals surface area contributed by atoms with Gasteiger partial charge in [0.2, 0.25) is 0 Å². The van der Waals surface area contributed by atoms with E-state index in [1.807, 2.05) is 18.2 Å². The summed E-state index contributed by atoms with van der Waals surface area (Å²) >= 11 is 12.5. The molecular formula is C30H31Cl2FN2O2. The third kappa shape index (κ3) is 5.70. The summed E-state index contributed by atoms with van der Waals surface area (Å²) in [5.41, 5.74) is 4.02. The largest absolute Gasteiger partial charge is 0.365 e. The van der Waals surface area contributed by atoms with Crippen molar-refractivity contribution >= 4 is 29.1 Å². The third-order valence-corrected chi connectivity index (χ3v) is 8.56. The lowest BCUT2D eigenvalue weighted by Crippen LogP contribution is -2.43. The first-order valence-electron chi connectivity index (χ1n) is 12.8. The molecule has 0 aromatic heterocycles. The van der Waals surface area contributed by atoms with Crippen LogP contribution in [-0.4, -0.2) is 48.9 Å². The molecule has 4 nitrogen and oxygen atoms in total. The van der Waals surface area contributed by atoms with Gasteiger partial charge in [-0.2, -0.15) is 0 Å². The van der Waals surface area contributed by atoms with Gasteiger partial charge in [-0.25, -0.2) is 4.39 Å². The summed E-state index contributed by atoms with van der Waals surface area (Å²) in [5, 5.41) is 1.02. The number of amides is 1. The summed E-state index contributed by atoms with van der Waals surface area (Å²) in [4.78, 5) is 17.2. The van der Waals surface area contributed by atoms with E-state index in [1.54, 1.807) is 11.9 Å². The van der Waals surface area contributed by atoms with Gasteiger partial charge in [-0.3, -0.25) is 4.79 Å². The Morgan fingerprint density at radius 3 is 2.51 bits per heavy atom. The maximum atomic E-state index is 13.3. The monoisotopic (exact) mass is 540 g/mol. The van der Waals surface area contributed by atoms with Crippen molar-refractivity contribution in [3.8, 4) is 0 Å². The number of hydrogen-bond donors (Lipinski definition) is 0. The van der Waals surface area contributed by atoms with E-state index in [2.05, 4.69) is 29.2 Å². The smallest absolute Gasteiger partial charge is 0.253 e. The van der Waals surface area contributed by atoms with Crippen LogP contribution in [0.4, 0.5) is 4.39 Å². The fourth-order valence-electron chi connectivity index (χ4n) is 5.63. The van der Waals surface area contributed by atoms with Crippen molar-refractivity contribution in [2.75, 3.05) is 33.2 Å². The van der Waals surface area contributed by atoms with Gasteiger partial charge in [0, 0.05) is 38.2 Å². The van der Waals surface area contributed by atoms with E-state index in [-0.39, 0.29) is 23.2 Å². The topological polar surface area (TPSA) is 32.8 Å². The lowest BCUT2D eigenvalue weighted by Gasteiger charge is -2.40. The summed E-state index contributed by atoms with van der Waals surface area (Å²) in [5.74, 6) is -0.423. The number of halogens is 3. The molecule has 3 aromatic carbocycles. The third-order valence-electron chi connectivity index (χ3n) is 7.82. The lowest BCUT2D eigenvalue weighted by atomic mass is 9.83. The van der Waals surface area contributed by atoms with Gasteiger partial charge in [-0.1, -0.05) is 53.5 Å². The van der Waals surface area contributed by atoms with Crippen molar-refractivity contribution in [3.63, 3.8) is 0 Å². The molecule has 0 N–H and O–H groups in total. The Morgan fingerprint density at radius 2 is 1.78 bits per heavy atom. The summed E-state index contributed by atoms with van der Waals surface area (Å²) in [6.45, 7) is 4.05. The molecule has 1 spiro atoms. The molecule has 2 aliphatic rings. The van der Waals surface area contributed by atoms with Crippen LogP contribution >= 0.6 is 23.2 Å². The first kappa shape index (κ1) is 26.2. The van der Waals surface area contributed by atoms with Crippen LogP contribution in [0.15, 0.2) is 66.7 Å². The van der Waals surface area contributed by atoms with Crippen molar-refractivity contribution in [1.29, 1.82) is 0 Å². The van der Waals surface area contributed by atoms with Gasteiger partial charge in [0.25, 0.3) is 5.91 Å². The standard InChI is InChI=1S/C30H31Cl2FN2O2/c1-34(29(36)21-6-9-25(33)10-7-21)19-23(22-8-11-27(31)28(32)18-22)12-15-35-16-13-30(14-17-35)26-5-3-2-4-24(26)20-37-30/h2-11,18,23H,12-17,19-20H2,1H3. The minimum Gasteiger partial charge on any atom is -0.365 e. The summed E-state index contributed by atoms with van der Waals surface area (Å²) in [6, 6.07) is 19.9. The molecule has 0 saturated carbocycles. The number of fused-ring (bicyclic) bond motifs is 2. The van der Waals surface area contributed by atoms with Crippen molar-refractivity contribution in [3.05, 3.63) is 105 Å². The summed E-state index contributed by atoms with van der Waals surface area (Å²) in [7, 11) is 1.79. The van der Waals surface area contributed by atoms with Crippen LogP contribution in [0, 0.1) is 5.82 Å². The predicted molar refractivity (Wildman–Crippen MR) is 146 cm³/mol. The molecule has 0 bridgehead atoms. The van der Waals surface area contributed by atoms with Crippen LogP contribution in [0.5, 0.6) is 0 Å². The number of carbonyl (C=O) groups is 1. The number of piperidine rings is 1. The highest BCUT2D eigenvalue weighted by molar-refractivity contribution is 6.42. The van der Waals surface area contributed by atoms with Crippen LogP contribution < -0.4 is 0 Å². The molecule has 5 rings (SSSR count). The Morgan fingerprint density at radius 1 is 1.05 bits per heavy atom. The first-order valence-corrected chi connectivity index (χ1v) is 13.5. The maximum Gasteiger partial charge on any atom is 0.253 e. The minimum atomic E-state index is -0.359. The van der Waals surface area contributed by atoms with Crippen molar-refractivity contribution < 1.29 is 13.9 Å². The van der Waals surface area contributed by atoms with Gasteiger partial charge in [0.1, 0.15) is 5.82 Å². The van der Waals surface area contributed by atoms with E-state index in [4.69, 9.17) is 27.9 Å². The highest BCUT2D eigenvalue weighted by Crippen LogP contribution is 2.44. The van der Waals surface area contributed by atoms with E-state index in [9.17, 15) is 9.18 Å². The van der Waals surface area contributed by atoms with Crippen LogP contribution in [0.25, 0.3) is 0 Å². The zero-order valence-corrected chi connectivity index (χ0v) is 22.4. The molecule has 0 radical (unpaired) electrons. The quantitative estimate of drug-likeness (QED) is 0.326. The molecule has 2 aliphatic heterocycles. The van der Waals surface area contributed by atoms with Crippen molar-refractivity contribution in [2.45, 2.75) is 37.4 Å². The summed E-state index contributed by atoms with van der Waals surface area (Å²) in [6.07, 6.45) is 2.82. The number of likely N-dealkylation sites (N-methyl/N-ethyl adjacent to an activating group) is 1. The molecule has 1 amide bonds. The zero-order chi connectivity index (χ0) is 26.0. The summed E-state index contributed by atoms with van der Waals surface area (Å²) < 4.78 is 19.7. The van der Waals surface area contributed by atoms with E-state index in [1.165, 1.54) is 35.4 Å². The normalized spacial score (nSPS) is 17.5. The number of carbonyl (C=O) groups excluding carboxylic acids is 1. The molecular weight excluding hydrogens is 510 g/mol. The molecule has 37 heavy (non-hydrogen) atoms. The highest BCUT2D eigenvalue weighted by Gasteiger charge is 2.42. The number of likely N-dealkylation sites (tertiary alicyclic amines) is 1. The molecule has 194 valence electrons. The number of nitrogens with zero attached hydrogens (tertiary/aromatic N) is 2. The second kappa shape index (κ2) is 11.1. The van der Waals surface area contributed by atoms with Gasteiger partial charge in [-0.05, 0) is 78.9 Å². The Labute approximate surface area is 227 Å². The van der Waals surface area contributed by atoms with E-state index >= 15 is 0 Å². The van der Waals surface area contributed by atoms with Crippen LogP contribution in [0.3, 0.4) is 0 Å². The Kier molecular flexibility index (Phi) is 7.87. The molecule has 2 heterocycles. The Hall–Kier alpha value is -2.44. The van der Waals surface area contributed by atoms with E-state index in [0.29, 0.717) is 28.8 Å². The zero-order valence-electron chi connectivity index (χ0n) is 20.9. The molecule has 1 unspecified atom stereocenters.